The number of hydrogen-bond acceptors (Lipinski definition) is 4. The first-order chi connectivity index (χ1) is 10.3. The Labute approximate surface area is 137 Å². The topological polar surface area (TPSA) is 86.3 Å². The zero-order valence-corrected chi connectivity index (χ0v) is 13.4. The Morgan fingerprint density at radius 3 is 2.32 bits per heavy atom. The van der Waals surface area contributed by atoms with Crippen molar-refractivity contribution in [1.82, 2.24) is 0 Å². The number of benzene rings is 2. The number of carboxylic acids is 1. The summed E-state index contributed by atoms with van der Waals surface area (Å²) in [5.41, 5.74) is 0.780. The molecule has 8 heteroatoms. The molecule has 2 aromatic carbocycles. The van der Waals surface area contributed by atoms with Gasteiger partial charge in [-0.3, -0.25) is 4.72 Å². The number of aliphatic carboxylic acids is 1. The van der Waals surface area contributed by atoms with Crippen molar-refractivity contribution >= 4 is 44.9 Å². The van der Waals surface area contributed by atoms with Gasteiger partial charge in [-0.1, -0.05) is 41.4 Å². The third-order valence-corrected chi connectivity index (χ3v) is 5.11. The minimum absolute atomic E-state index is 0.0646. The van der Waals surface area contributed by atoms with Crippen molar-refractivity contribution in [3.05, 3.63) is 58.1 Å². The van der Waals surface area contributed by atoms with Crippen LogP contribution in [0.5, 0.6) is 0 Å². The zero-order valence-electron chi connectivity index (χ0n) is 11.0. The second kappa shape index (κ2) is 6.56. The molecule has 0 radical (unpaired) electrons. The molecule has 0 aliphatic rings. The van der Waals surface area contributed by atoms with E-state index in [4.69, 9.17) is 23.2 Å². The molecule has 116 valence electrons. The summed E-state index contributed by atoms with van der Waals surface area (Å²) in [6, 6.07) is 10.2. The smallest absolute Gasteiger partial charge is 0.263 e. The number of rotatable bonds is 5. The van der Waals surface area contributed by atoms with Crippen molar-refractivity contribution in [2.75, 3.05) is 4.72 Å². The average molecular weight is 359 g/mol. The minimum Gasteiger partial charge on any atom is -0.550 e. The van der Waals surface area contributed by atoms with Gasteiger partial charge in [0.2, 0.25) is 0 Å². The van der Waals surface area contributed by atoms with E-state index in [0.29, 0.717) is 5.56 Å². The number of nitrogens with one attached hydrogen (secondary N) is 1. The fourth-order valence-corrected chi connectivity index (χ4v) is 3.58. The highest BCUT2D eigenvalue weighted by molar-refractivity contribution is 7.92. The molecule has 2 rings (SSSR count). The molecule has 0 amide bonds. The monoisotopic (exact) mass is 358 g/mol. The molecule has 0 heterocycles. The van der Waals surface area contributed by atoms with Crippen molar-refractivity contribution in [2.24, 2.45) is 0 Å². The van der Waals surface area contributed by atoms with Crippen molar-refractivity contribution in [2.45, 2.75) is 11.3 Å². The van der Waals surface area contributed by atoms with Crippen molar-refractivity contribution in [3.63, 3.8) is 0 Å². The fraction of sp³-hybridized carbons (Fsp3) is 0.0714. The van der Waals surface area contributed by atoms with Crippen LogP contribution in [0.25, 0.3) is 0 Å². The first kappa shape index (κ1) is 16.6. The summed E-state index contributed by atoms with van der Waals surface area (Å²) in [4.78, 5) is 10.3. The first-order valence-corrected chi connectivity index (χ1v) is 8.29. The Hall–Kier alpha value is -1.76. The van der Waals surface area contributed by atoms with Gasteiger partial charge in [-0.25, -0.2) is 8.42 Å². The van der Waals surface area contributed by atoms with Crippen molar-refractivity contribution in [1.29, 1.82) is 0 Å². The van der Waals surface area contributed by atoms with Crippen LogP contribution in [-0.2, 0) is 21.2 Å². The second-order valence-electron chi connectivity index (χ2n) is 4.40. The van der Waals surface area contributed by atoms with Gasteiger partial charge >= 0.3 is 0 Å². The lowest BCUT2D eigenvalue weighted by Gasteiger charge is -2.11. The summed E-state index contributed by atoms with van der Waals surface area (Å²) in [7, 11) is -3.90. The number of carbonyl (C=O) groups excluding carboxylic acids is 1. The van der Waals surface area contributed by atoms with E-state index in [9.17, 15) is 18.3 Å². The molecule has 1 N–H and O–H groups in total. The highest BCUT2D eigenvalue weighted by atomic mass is 35.5. The number of anilines is 1. The van der Waals surface area contributed by atoms with Crippen LogP contribution >= 0.6 is 23.2 Å². The summed E-state index contributed by atoms with van der Waals surface area (Å²) >= 11 is 11.7. The molecule has 0 saturated heterocycles. The van der Waals surface area contributed by atoms with Crippen molar-refractivity contribution < 1.29 is 18.3 Å². The lowest BCUT2D eigenvalue weighted by Crippen LogP contribution is -2.24. The molecule has 22 heavy (non-hydrogen) atoms. The van der Waals surface area contributed by atoms with E-state index < -0.39 is 16.0 Å². The molecule has 0 fully saturated rings. The Bertz CT molecular complexity index is 804. The highest BCUT2D eigenvalue weighted by Gasteiger charge is 2.19. The van der Waals surface area contributed by atoms with Gasteiger partial charge in [0.25, 0.3) is 10.0 Å². The van der Waals surface area contributed by atoms with Crippen LogP contribution in [0.2, 0.25) is 10.0 Å². The van der Waals surface area contributed by atoms with Gasteiger partial charge in [-0.2, -0.15) is 0 Å². The Morgan fingerprint density at radius 2 is 1.73 bits per heavy atom. The Morgan fingerprint density at radius 1 is 1.09 bits per heavy atom. The molecule has 5 nitrogen and oxygen atoms in total. The molecule has 2 aromatic rings. The molecule has 0 bridgehead atoms. The molecule has 0 aliphatic heterocycles. The molecular formula is C14H10Cl2NO4S-. The van der Waals surface area contributed by atoms with Crippen LogP contribution in [0.4, 0.5) is 5.69 Å². The highest BCUT2D eigenvalue weighted by Crippen LogP contribution is 2.30. The summed E-state index contributed by atoms with van der Waals surface area (Å²) < 4.78 is 26.9. The van der Waals surface area contributed by atoms with Gasteiger partial charge in [-0.05, 0) is 29.8 Å². The number of hydrogen-bond donors (Lipinski definition) is 1. The summed E-state index contributed by atoms with van der Waals surface area (Å²) in [5.74, 6) is -1.21. The maximum atomic E-state index is 12.3. The quantitative estimate of drug-likeness (QED) is 0.886. The van der Waals surface area contributed by atoms with E-state index in [-0.39, 0.29) is 27.0 Å². The number of sulfonamides is 1. The van der Waals surface area contributed by atoms with Gasteiger partial charge in [0.15, 0.2) is 0 Å². The van der Waals surface area contributed by atoms with Crippen LogP contribution in [-0.4, -0.2) is 14.4 Å². The van der Waals surface area contributed by atoms with Crippen LogP contribution in [0.3, 0.4) is 0 Å². The van der Waals surface area contributed by atoms with E-state index in [0.717, 1.165) is 0 Å². The lowest BCUT2D eigenvalue weighted by atomic mass is 10.1. The minimum atomic E-state index is -3.90. The number of carbonyl (C=O) groups is 1. The van der Waals surface area contributed by atoms with E-state index in [2.05, 4.69) is 4.72 Å². The standard InChI is InChI=1S/C14H11Cl2NO4S/c15-11-2-1-3-12(14(11)16)22(20,21)17-10-6-4-9(5-7-10)8-13(18)19/h1-7,17H,8H2,(H,18,19)/p-1. The van der Waals surface area contributed by atoms with Gasteiger partial charge in [-0.15, -0.1) is 0 Å². The van der Waals surface area contributed by atoms with Crippen LogP contribution < -0.4 is 9.83 Å². The van der Waals surface area contributed by atoms with Crippen LogP contribution in [0.1, 0.15) is 5.56 Å². The SMILES string of the molecule is O=C([O-])Cc1ccc(NS(=O)(=O)c2cccc(Cl)c2Cl)cc1. The maximum Gasteiger partial charge on any atom is 0.263 e. The zero-order chi connectivity index (χ0) is 16.3. The van der Waals surface area contributed by atoms with Crippen LogP contribution in [0, 0.1) is 0 Å². The van der Waals surface area contributed by atoms with Gasteiger partial charge < -0.3 is 9.90 Å². The van der Waals surface area contributed by atoms with E-state index in [1.807, 2.05) is 0 Å². The Balaban J connectivity index is 2.25. The van der Waals surface area contributed by atoms with Gasteiger partial charge in [0.05, 0.1) is 10.0 Å². The molecule has 0 spiro atoms. The molecule has 0 unspecified atom stereocenters. The van der Waals surface area contributed by atoms with E-state index in [1.54, 1.807) is 0 Å². The van der Waals surface area contributed by atoms with E-state index in [1.165, 1.54) is 42.5 Å². The normalized spacial score (nSPS) is 11.2. The number of carboxylic acid groups (broad SMARTS) is 1. The maximum absolute atomic E-state index is 12.3. The second-order valence-corrected chi connectivity index (χ2v) is 6.84. The predicted molar refractivity (Wildman–Crippen MR) is 82.4 cm³/mol. The molecule has 0 atom stereocenters. The molecular weight excluding hydrogens is 349 g/mol. The van der Waals surface area contributed by atoms with Crippen molar-refractivity contribution in [3.8, 4) is 0 Å². The summed E-state index contributed by atoms with van der Waals surface area (Å²) in [5, 5.41) is 10.6. The lowest BCUT2D eigenvalue weighted by molar-refractivity contribution is -0.304. The Kier molecular flexibility index (Phi) is 4.95. The summed E-state index contributed by atoms with van der Waals surface area (Å²) in [6.07, 6.45) is -0.243. The van der Waals surface area contributed by atoms with E-state index >= 15 is 0 Å². The largest absolute Gasteiger partial charge is 0.550 e. The molecule has 0 aromatic heterocycles. The third-order valence-electron chi connectivity index (χ3n) is 2.76. The number of halogens is 2. The summed E-state index contributed by atoms with van der Waals surface area (Å²) in [6.45, 7) is 0. The fourth-order valence-electron chi connectivity index (χ4n) is 1.76. The van der Waals surface area contributed by atoms with Crippen LogP contribution in [0.15, 0.2) is 47.4 Å². The average Bonchev–Trinajstić information content (AvgIpc) is 2.43. The third kappa shape index (κ3) is 3.91. The molecule has 0 saturated carbocycles. The first-order valence-electron chi connectivity index (χ1n) is 6.05. The molecule has 0 aliphatic carbocycles. The van der Waals surface area contributed by atoms with Gasteiger partial charge in [0.1, 0.15) is 4.90 Å². The van der Waals surface area contributed by atoms with Gasteiger partial charge in [0, 0.05) is 18.1 Å². The predicted octanol–water partition coefficient (Wildman–Crippen LogP) is 2.09.